The van der Waals surface area contributed by atoms with Gasteiger partial charge in [0.2, 0.25) is 0 Å². The Balaban J connectivity index is 1.85. The molecule has 1 aromatic carbocycles. The van der Waals surface area contributed by atoms with E-state index in [2.05, 4.69) is 0 Å². The van der Waals surface area contributed by atoms with E-state index in [0.29, 0.717) is 11.3 Å². The molecule has 0 aliphatic heterocycles. The Hall–Kier alpha value is -2.66. The van der Waals surface area contributed by atoms with Crippen LogP contribution in [0.1, 0.15) is 30.2 Å². The third kappa shape index (κ3) is 3.63. The second-order valence-electron chi connectivity index (χ2n) is 5.60. The fourth-order valence-electron chi connectivity index (χ4n) is 2.40. The van der Waals surface area contributed by atoms with E-state index in [-0.39, 0.29) is 5.92 Å². The molecule has 4 nitrogen and oxygen atoms in total. The van der Waals surface area contributed by atoms with E-state index >= 15 is 0 Å². The largest absolute Gasteiger partial charge is 0.423 e. The first-order chi connectivity index (χ1) is 11.5. The Bertz CT molecular complexity index is 949. The van der Waals surface area contributed by atoms with Gasteiger partial charge in [0.25, 0.3) is 0 Å². The molecular weight excluding hydrogens is 324 g/mol. The fraction of sp³-hybridized carbons (Fsp3) is 0.158. The van der Waals surface area contributed by atoms with Crippen molar-refractivity contribution in [2.45, 2.75) is 19.8 Å². The molecule has 0 saturated heterocycles. The molecule has 0 aliphatic rings. The summed E-state index contributed by atoms with van der Waals surface area (Å²) in [5, 5.41) is 2.78. The van der Waals surface area contributed by atoms with E-state index in [1.807, 2.05) is 31.4 Å². The predicted octanol–water partition coefficient (Wildman–Crippen LogP) is 4.60. The predicted molar refractivity (Wildman–Crippen MR) is 95.6 cm³/mol. The summed E-state index contributed by atoms with van der Waals surface area (Å²) in [5.74, 6) is 0.0521. The zero-order valence-corrected chi connectivity index (χ0v) is 14.1. The molecule has 122 valence electrons. The number of benzene rings is 1. The van der Waals surface area contributed by atoms with Gasteiger partial charge in [0.1, 0.15) is 11.3 Å². The second-order valence-corrected chi connectivity index (χ2v) is 6.58. The van der Waals surface area contributed by atoms with Gasteiger partial charge in [-0.15, -0.1) is 11.3 Å². The summed E-state index contributed by atoms with van der Waals surface area (Å²) in [6, 6.07) is 10.4. The maximum absolute atomic E-state index is 11.9. The van der Waals surface area contributed by atoms with Crippen LogP contribution in [0.15, 0.2) is 57.1 Å². The lowest BCUT2D eigenvalue weighted by Crippen LogP contribution is -2.05. The fourth-order valence-corrected chi connectivity index (χ4v) is 3.01. The van der Waals surface area contributed by atoms with E-state index in [1.54, 1.807) is 24.3 Å². The summed E-state index contributed by atoms with van der Waals surface area (Å²) in [6.45, 7) is 4.02. The molecule has 24 heavy (non-hydrogen) atoms. The number of hydrogen-bond acceptors (Lipinski definition) is 5. The topological polar surface area (TPSA) is 56.5 Å². The number of carbonyl (C=O) groups is 1. The zero-order chi connectivity index (χ0) is 17.1. The van der Waals surface area contributed by atoms with Gasteiger partial charge in [-0.25, -0.2) is 9.59 Å². The lowest BCUT2D eigenvalue weighted by molar-refractivity contribution is -0.128. The number of esters is 1. The number of carbonyl (C=O) groups excluding carboxylic acids is 1. The number of hydrogen-bond donors (Lipinski definition) is 0. The molecule has 0 bridgehead atoms. The average Bonchev–Trinajstić information content (AvgIpc) is 3.05. The van der Waals surface area contributed by atoms with Crippen molar-refractivity contribution in [2.24, 2.45) is 0 Å². The smallest absolute Gasteiger partial charge is 0.336 e. The molecule has 0 unspecified atom stereocenters. The summed E-state index contributed by atoms with van der Waals surface area (Å²) < 4.78 is 10.5. The van der Waals surface area contributed by atoms with Gasteiger partial charge in [-0.1, -0.05) is 19.9 Å². The molecule has 0 fully saturated rings. The minimum atomic E-state index is -0.481. The van der Waals surface area contributed by atoms with Crippen molar-refractivity contribution in [1.29, 1.82) is 0 Å². The lowest BCUT2D eigenvalue weighted by atomic mass is 10.00. The Morgan fingerprint density at radius 3 is 2.79 bits per heavy atom. The van der Waals surface area contributed by atoms with Crippen LogP contribution in [0.25, 0.3) is 17.0 Å². The molecule has 0 aliphatic carbocycles. The van der Waals surface area contributed by atoms with Crippen LogP contribution in [0.2, 0.25) is 0 Å². The van der Waals surface area contributed by atoms with Crippen LogP contribution in [-0.2, 0) is 4.79 Å². The highest BCUT2D eigenvalue weighted by Gasteiger charge is 2.11. The summed E-state index contributed by atoms with van der Waals surface area (Å²) in [4.78, 5) is 24.6. The van der Waals surface area contributed by atoms with Crippen molar-refractivity contribution in [1.82, 2.24) is 0 Å². The van der Waals surface area contributed by atoms with E-state index in [9.17, 15) is 9.59 Å². The van der Waals surface area contributed by atoms with Crippen molar-refractivity contribution < 1.29 is 13.9 Å². The SMILES string of the molecule is CC(C)c1cc(=O)oc2cc(OC(=O)/C=C/c3cccs3)ccc12. The minimum Gasteiger partial charge on any atom is -0.423 e. The molecule has 0 spiro atoms. The second kappa shape index (κ2) is 6.84. The van der Waals surface area contributed by atoms with Crippen molar-refractivity contribution in [3.63, 3.8) is 0 Å². The van der Waals surface area contributed by atoms with Crippen LogP contribution in [-0.4, -0.2) is 5.97 Å². The molecule has 0 amide bonds. The number of ether oxygens (including phenoxy) is 1. The Labute approximate surface area is 143 Å². The van der Waals surface area contributed by atoms with Crippen LogP contribution < -0.4 is 10.4 Å². The monoisotopic (exact) mass is 340 g/mol. The van der Waals surface area contributed by atoms with Crippen LogP contribution in [0.4, 0.5) is 0 Å². The Morgan fingerprint density at radius 1 is 1.25 bits per heavy atom. The van der Waals surface area contributed by atoms with Crippen LogP contribution in [0, 0.1) is 0 Å². The molecule has 0 saturated carbocycles. The van der Waals surface area contributed by atoms with Crippen molar-refractivity contribution >= 4 is 34.4 Å². The van der Waals surface area contributed by atoms with Crippen LogP contribution >= 0.6 is 11.3 Å². The molecule has 3 rings (SSSR count). The first-order valence-electron chi connectivity index (χ1n) is 7.54. The van der Waals surface area contributed by atoms with E-state index in [4.69, 9.17) is 9.15 Å². The third-order valence-corrected chi connectivity index (χ3v) is 4.35. The number of fused-ring (bicyclic) bond motifs is 1. The van der Waals surface area contributed by atoms with Crippen molar-refractivity contribution in [3.05, 3.63) is 68.7 Å². The van der Waals surface area contributed by atoms with Crippen LogP contribution in [0.3, 0.4) is 0 Å². The van der Waals surface area contributed by atoms with E-state index in [1.165, 1.54) is 23.5 Å². The molecule has 0 N–H and O–H groups in total. The summed E-state index contributed by atoms with van der Waals surface area (Å²) >= 11 is 1.53. The Kier molecular flexibility index (Phi) is 4.62. The van der Waals surface area contributed by atoms with Gasteiger partial charge in [-0.05, 0) is 41.1 Å². The van der Waals surface area contributed by atoms with Gasteiger partial charge in [0, 0.05) is 28.5 Å². The number of rotatable bonds is 4. The van der Waals surface area contributed by atoms with Crippen molar-refractivity contribution in [2.75, 3.05) is 0 Å². The van der Waals surface area contributed by atoms with Crippen molar-refractivity contribution in [3.8, 4) is 5.75 Å². The molecule has 0 atom stereocenters. The highest BCUT2D eigenvalue weighted by molar-refractivity contribution is 7.10. The number of thiophene rings is 1. The molecule has 2 aromatic heterocycles. The van der Waals surface area contributed by atoms with E-state index < -0.39 is 11.6 Å². The summed E-state index contributed by atoms with van der Waals surface area (Å²) in [7, 11) is 0. The standard InChI is InChI=1S/C19H16O4S/c1-12(2)16-11-19(21)23-17-10-13(5-7-15(16)17)22-18(20)8-6-14-4-3-9-24-14/h3-12H,1-2H3/b8-6+. The third-order valence-electron chi connectivity index (χ3n) is 3.52. The highest BCUT2D eigenvalue weighted by Crippen LogP contribution is 2.27. The maximum Gasteiger partial charge on any atom is 0.336 e. The van der Waals surface area contributed by atoms with Gasteiger partial charge in [0.05, 0.1) is 0 Å². The highest BCUT2D eigenvalue weighted by atomic mass is 32.1. The first-order valence-corrected chi connectivity index (χ1v) is 8.42. The van der Waals surface area contributed by atoms with Gasteiger partial charge < -0.3 is 9.15 Å². The normalized spacial score (nSPS) is 11.5. The van der Waals surface area contributed by atoms with Gasteiger partial charge in [0.15, 0.2) is 0 Å². The lowest BCUT2D eigenvalue weighted by Gasteiger charge is -2.09. The molecular formula is C19H16O4S. The minimum absolute atomic E-state index is 0.193. The first kappa shape index (κ1) is 16.2. The average molecular weight is 340 g/mol. The molecule has 2 heterocycles. The molecule has 3 aromatic rings. The van der Waals surface area contributed by atoms with Gasteiger partial charge in [-0.2, -0.15) is 0 Å². The van der Waals surface area contributed by atoms with Gasteiger partial charge >= 0.3 is 11.6 Å². The Morgan fingerprint density at radius 2 is 2.08 bits per heavy atom. The van der Waals surface area contributed by atoms with Gasteiger partial charge in [-0.3, -0.25) is 0 Å². The summed E-state index contributed by atoms with van der Waals surface area (Å²) in [6.07, 6.45) is 3.07. The summed E-state index contributed by atoms with van der Waals surface area (Å²) in [5.41, 5.74) is 0.919. The molecule has 0 radical (unpaired) electrons. The quantitative estimate of drug-likeness (QED) is 0.301. The maximum atomic E-state index is 11.9. The zero-order valence-electron chi connectivity index (χ0n) is 13.3. The van der Waals surface area contributed by atoms with Crippen LogP contribution in [0.5, 0.6) is 5.75 Å². The molecule has 5 heteroatoms. The van der Waals surface area contributed by atoms with E-state index in [0.717, 1.165) is 15.8 Å².